The molecular formula is C13H18N2O3. The third kappa shape index (κ3) is 4.18. The summed E-state index contributed by atoms with van der Waals surface area (Å²) in [6.45, 7) is 4.76. The minimum atomic E-state index is -0.677. The highest BCUT2D eigenvalue weighted by Crippen LogP contribution is 2.10. The molecule has 5 heteroatoms. The number of hydrogen-bond donors (Lipinski definition) is 3. The van der Waals surface area contributed by atoms with Gasteiger partial charge < -0.3 is 15.7 Å². The zero-order valence-electron chi connectivity index (χ0n) is 10.8. The Morgan fingerprint density at radius 2 is 1.78 bits per heavy atom. The van der Waals surface area contributed by atoms with Gasteiger partial charge in [0.2, 0.25) is 0 Å². The normalized spacial score (nSPS) is 10.9. The first-order valence-corrected chi connectivity index (χ1v) is 5.65. The van der Waals surface area contributed by atoms with Crippen molar-refractivity contribution in [3.05, 3.63) is 29.8 Å². The largest absolute Gasteiger partial charge is 0.394 e. The number of urea groups is 1. The number of carbonyl (C=O) groups excluding carboxylic acids is 2. The average Bonchev–Trinajstić information content (AvgIpc) is 2.29. The molecule has 18 heavy (non-hydrogen) atoms. The first-order valence-electron chi connectivity index (χ1n) is 5.65. The predicted molar refractivity (Wildman–Crippen MR) is 69.8 cm³/mol. The van der Waals surface area contributed by atoms with Crippen LogP contribution in [0.25, 0.3) is 0 Å². The minimum Gasteiger partial charge on any atom is -0.394 e. The van der Waals surface area contributed by atoms with Crippen LogP contribution < -0.4 is 10.6 Å². The molecule has 0 aliphatic carbocycles. The van der Waals surface area contributed by atoms with Gasteiger partial charge in [-0.25, -0.2) is 4.79 Å². The zero-order chi connectivity index (χ0) is 13.8. The molecular weight excluding hydrogens is 232 g/mol. The number of amides is 2. The van der Waals surface area contributed by atoms with E-state index < -0.39 is 11.6 Å². The number of rotatable bonds is 4. The van der Waals surface area contributed by atoms with Gasteiger partial charge in [0.15, 0.2) is 5.78 Å². The maximum atomic E-state index is 11.6. The molecule has 3 N–H and O–H groups in total. The summed E-state index contributed by atoms with van der Waals surface area (Å²) in [5.41, 5.74) is 0.506. The molecule has 0 aliphatic rings. The lowest BCUT2D eigenvalue weighted by Crippen LogP contribution is -2.48. The van der Waals surface area contributed by atoms with Crippen molar-refractivity contribution in [1.29, 1.82) is 0 Å². The fourth-order valence-electron chi connectivity index (χ4n) is 1.30. The fraction of sp³-hybridized carbons (Fsp3) is 0.385. The molecule has 0 saturated carbocycles. The average molecular weight is 250 g/mol. The van der Waals surface area contributed by atoms with Crippen LogP contribution in [0.4, 0.5) is 10.5 Å². The predicted octanol–water partition coefficient (Wildman–Crippen LogP) is 1.78. The summed E-state index contributed by atoms with van der Waals surface area (Å²) in [6, 6.07) is 6.21. The summed E-state index contributed by atoms with van der Waals surface area (Å²) in [7, 11) is 0. The van der Waals surface area contributed by atoms with Gasteiger partial charge in [-0.1, -0.05) is 0 Å². The molecule has 0 aromatic heterocycles. The molecule has 0 fully saturated rings. The van der Waals surface area contributed by atoms with E-state index in [2.05, 4.69) is 10.6 Å². The molecule has 0 bridgehead atoms. The van der Waals surface area contributed by atoms with Gasteiger partial charge in [0, 0.05) is 11.3 Å². The van der Waals surface area contributed by atoms with Gasteiger partial charge in [-0.15, -0.1) is 0 Å². The number of hydrogen-bond acceptors (Lipinski definition) is 3. The summed E-state index contributed by atoms with van der Waals surface area (Å²) in [4.78, 5) is 22.7. The Morgan fingerprint density at radius 1 is 1.22 bits per heavy atom. The SMILES string of the molecule is CC(=O)c1ccc(NC(=O)NC(C)(C)CO)cc1. The summed E-state index contributed by atoms with van der Waals surface area (Å²) < 4.78 is 0. The molecule has 0 aliphatic heterocycles. The second kappa shape index (κ2) is 5.64. The lowest BCUT2D eigenvalue weighted by Gasteiger charge is -2.23. The van der Waals surface area contributed by atoms with E-state index in [0.29, 0.717) is 11.3 Å². The van der Waals surface area contributed by atoms with Crippen molar-refractivity contribution >= 4 is 17.5 Å². The van der Waals surface area contributed by atoms with E-state index in [9.17, 15) is 9.59 Å². The van der Waals surface area contributed by atoms with Crippen molar-refractivity contribution in [2.24, 2.45) is 0 Å². The molecule has 1 aromatic rings. The Hall–Kier alpha value is -1.88. The number of nitrogens with one attached hydrogen (secondary N) is 2. The van der Waals surface area contributed by atoms with E-state index >= 15 is 0 Å². The molecule has 0 spiro atoms. The molecule has 0 unspecified atom stereocenters. The van der Waals surface area contributed by atoms with Crippen LogP contribution in [0.5, 0.6) is 0 Å². The number of carbonyl (C=O) groups is 2. The molecule has 1 rings (SSSR count). The second-order valence-corrected chi connectivity index (χ2v) is 4.75. The van der Waals surface area contributed by atoms with Gasteiger partial charge in [0.1, 0.15) is 0 Å². The number of aliphatic hydroxyl groups excluding tert-OH is 1. The number of benzene rings is 1. The molecule has 0 saturated heterocycles. The van der Waals surface area contributed by atoms with E-state index in [4.69, 9.17) is 5.11 Å². The first-order chi connectivity index (χ1) is 8.34. The summed E-state index contributed by atoms with van der Waals surface area (Å²) in [5.74, 6) is -0.0209. The van der Waals surface area contributed by atoms with Crippen LogP contribution >= 0.6 is 0 Å². The quantitative estimate of drug-likeness (QED) is 0.713. The van der Waals surface area contributed by atoms with E-state index in [0.717, 1.165) is 0 Å². The Morgan fingerprint density at radius 3 is 2.22 bits per heavy atom. The molecule has 0 heterocycles. The molecule has 5 nitrogen and oxygen atoms in total. The molecule has 0 radical (unpaired) electrons. The smallest absolute Gasteiger partial charge is 0.319 e. The number of aliphatic hydroxyl groups is 1. The van der Waals surface area contributed by atoms with Crippen LogP contribution in [0, 0.1) is 0 Å². The lowest BCUT2D eigenvalue weighted by atomic mass is 10.1. The van der Waals surface area contributed by atoms with Gasteiger partial charge in [-0.2, -0.15) is 0 Å². The molecule has 1 aromatic carbocycles. The van der Waals surface area contributed by atoms with Crippen LogP contribution in [0.1, 0.15) is 31.1 Å². The van der Waals surface area contributed by atoms with Crippen molar-refractivity contribution in [3.63, 3.8) is 0 Å². The highest BCUT2D eigenvalue weighted by molar-refractivity contribution is 5.95. The minimum absolute atomic E-state index is 0.0209. The van der Waals surface area contributed by atoms with Gasteiger partial charge in [0.25, 0.3) is 0 Å². The Kier molecular flexibility index (Phi) is 4.44. The molecule has 2 amide bonds. The first kappa shape index (κ1) is 14.2. The second-order valence-electron chi connectivity index (χ2n) is 4.75. The zero-order valence-corrected chi connectivity index (χ0v) is 10.8. The van der Waals surface area contributed by atoms with Crippen molar-refractivity contribution in [2.45, 2.75) is 26.3 Å². The van der Waals surface area contributed by atoms with E-state index in [1.54, 1.807) is 38.1 Å². The number of Topliss-reactive ketones (excluding diaryl/α,β-unsaturated/α-hetero) is 1. The number of ketones is 1. The van der Waals surface area contributed by atoms with Crippen LogP contribution in [-0.2, 0) is 0 Å². The standard InChI is InChI=1S/C13H18N2O3/c1-9(17)10-4-6-11(7-5-10)14-12(18)15-13(2,3)8-16/h4-7,16H,8H2,1-3H3,(H2,14,15,18). The summed E-state index contributed by atoms with van der Waals surface area (Å²) in [5, 5.41) is 14.3. The Balaban J connectivity index is 2.63. The molecule has 98 valence electrons. The highest BCUT2D eigenvalue weighted by atomic mass is 16.3. The van der Waals surface area contributed by atoms with Crippen molar-refractivity contribution in [2.75, 3.05) is 11.9 Å². The Labute approximate surface area is 106 Å². The van der Waals surface area contributed by atoms with Crippen LogP contribution in [0.3, 0.4) is 0 Å². The van der Waals surface area contributed by atoms with E-state index in [1.807, 2.05) is 0 Å². The third-order valence-corrected chi connectivity index (χ3v) is 2.40. The van der Waals surface area contributed by atoms with Crippen LogP contribution in [-0.4, -0.2) is 29.1 Å². The third-order valence-electron chi connectivity index (χ3n) is 2.40. The number of anilines is 1. The van der Waals surface area contributed by atoms with Gasteiger partial charge in [-0.3, -0.25) is 4.79 Å². The van der Waals surface area contributed by atoms with E-state index in [-0.39, 0.29) is 12.4 Å². The van der Waals surface area contributed by atoms with Crippen LogP contribution in [0.15, 0.2) is 24.3 Å². The highest BCUT2D eigenvalue weighted by Gasteiger charge is 2.18. The topological polar surface area (TPSA) is 78.4 Å². The van der Waals surface area contributed by atoms with Crippen molar-refractivity contribution in [3.8, 4) is 0 Å². The molecule has 0 atom stereocenters. The van der Waals surface area contributed by atoms with Gasteiger partial charge >= 0.3 is 6.03 Å². The van der Waals surface area contributed by atoms with E-state index in [1.165, 1.54) is 6.92 Å². The maximum absolute atomic E-state index is 11.6. The Bertz CT molecular complexity index is 438. The van der Waals surface area contributed by atoms with Crippen LogP contribution in [0.2, 0.25) is 0 Å². The summed E-state index contributed by atoms with van der Waals surface area (Å²) in [6.07, 6.45) is 0. The van der Waals surface area contributed by atoms with Gasteiger partial charge in [-0.05, 0) is 45.0 Å². The monoisotopic (exact) mass is 250 g/mol. The lowest BCUT2D eigenvalue weighted by molar-refractivity contribution is 0.101. The fourth-order valence-corrected chi connectivity index (χ4v) is 1.30. The summed E-state index contributed by atoms with van der Waals surface area (Å²) >= 11 is 0. The van der Waals surface area contributed by atoms with Crippen molar-refractivity contribution in [1.82, 2.24) is 5.32 Å². The van der Waals surface area contributed by atoms with Crippen molar-refractivity contribution < 1.29 is 14.7 Å². The maximum Gasteiger partial charge on any atom is 0.319 e. The van der Waals surface area contributed by atoms with Gasteiger partial charge in [0.05, 0.1) is 12.1 Å².